The number of aliphatic hydroxyl groups is 1. The molecule has 4 nitrogen and oxygen atoms in total. The molecule has 0 radical (unpaired) electrons. The highest BCUT2D eigenvalue weighted by atomic mass is 19.4. The summed E-state index contributed by atoms with van der Waals surface area (Å²) in [4.78, 5) is 12.8. The van der Waals surface area contributed by atoms with Crippen LogP contribution in [0.2, 0.25) is 0 Å². The Hall–Kier alpha value is -3.16. The number of nitrogens with one attached hydrogen (secondary N) is 2. The minimum atomic E-state index is -4.55. The van der Waals surface area contributed by atoms with Crippen molar-refractivity contribution in [2.45, 2.75) is 44.1 Å². The van der Waals surface area contributed by atoms with Gasteiger partial charge in [0, 0.05) is 17.6 Å². The predicted molar refractivity (Wildman–Crippen MR) is 126 cm³/mol. The first-order chi connectivity index (χ1) is 16.1. The lowest BCUT2D eigenvalue weighted by Crippen LogP contribution is -2.51. The van der Waals surface area contributed by atoms with Gasteiger partial charge < -0.3 is 15.7 Å². The summed E-state index contributed by atoms with van der Waals surface area (Å²) in [6.45, 7) is 4.15. The van der Waals surface area contributed by atoms with Gasteiger partial charge in [-0.3, -0.25) is 4.79 Å². The summed E-state index contributed by atoms with van der Waals surface area (Å²) < 4.78 is 39.2. The Morgan fingerprint density at radius 3 is 2.09 bits per heavy atom. The van der Waals surface area contributed by atoms with Crippen LogP contribution in [0.5, 0.6) is 0 Å². The van der Waals surface area contributed by atoms with E-state index in [4.69, 9.17) is 0 Å². The molecule has 0 aliphatic carbocycles. The van der Waals surface area contributed by atoms with E-state index in [1.807, 2.05) is 74.5 Å². The van der Waals surface area contributed by atoms with Gasteiger partial charge in [0.1, 0.15) is 0 Å². The van der Waals surface area contributed by atoms with Crippen molar-refractivity contribution in [1.82, 2.24) is 10.6 Å². The van der Waals surface area contributed by atoms with Gasteiger partial charge in [-0.25, -0.2) is 0 Å². The van der Waals surface area contributed by atoms with Gasteiger partial charge in [0.2, 0.25) is 0 Å². The number of carbonyl (C=O) groups is 1. The Labute approximate surface area is 197 Å². The van der Waals surface area contributed by atoms with Crippen molar-refractivity contribution in [3.8, 4) is 0 Å². The summed E-state index contributed by atoms with van der Waals surface area (Å²) in [6.07, 6.45) is -5.22. The maximum absolute atomic E-state index is 13.1. The predicted octanol–water partition coefficient (Wildman–Crippen LogP) is 4.93. The largest absolute Gasteiger partial charge is 0.416 e. The number of carbonyl (C=O) groups excluding carboxylic acids is 1. The molecule has 0 aromatic heterocycles. The van der Waals surface area contributed by atoms with Crippen LogP contribution >= 0.6 is 0 Å². The summed E-state index contributed by atoms with van der Waals surface area (Å²) in [5.41, 5.74) is 0.474. The molecule has 3 aromatic rings. The fourth-order valence-corrected chi connectivity index (χ4v) is 3.70. The highest BCUT2D eigenvalue weighted by Crippen LogP contribution is 2.29. The third-order valence-corrected chi connectivity index (χ3v) is 5.78. The number of halogens is 3. The van der Waals surface area contributed by atoms with E-state index in [-0.39, 0.29) is 12.1 Å². The van der Waals surface area contributed by atoms with Gasteiger partial charge in [-0.1, -0.05) is 66.7 Å². The number of benzene rings is 3. The Kier molecular flexibility index (Phi) is 8.12. The summed E-state index contributed by atoms with van der Waals surface area (Å²) >= 11 is 0. The fourth-order valence-electron chi connectivity index (χ4n) is 3.70. The van der Waals surface area contributed by atoms with Crippen molar-refractivity contribution in [3.63, 3.8) is 0 Å². The third kappa shape index (κ3) is 6.92. The maximum Gasteiger partial charge on any atom is 0.416 e. The molecule has 0 aliphatic rings. The molecule has 180 valence electrons. The molecule has 0 unspecified atom stereocenters. The van der Waals surface area contributed by atoms with Crippen LogP contribution in [0.4, 0.5) is 13.2 Å². The van der Waals surface area contributed by atoms with Crippen LogP contribution < -0.4 is 10.6 Å². The SMILES string of the molecule is CC(C)(NC[C@@H](O)[C@H](Cc1ccccc1)NC(=O)c1cccc(C(F)(F)F)c1)c1ccccc1. The normalized spacial score (nSPS) is 13.8. The molecule has 0 heterocycles. The van der Waals surface area contributed by atoms with E-state index in [1.165, 1.54) is 12.1 Å². The molecule has 3 aromatic carbocycles. The number of amides is 1. The minimum Gasteiger partial charge on any atom is -0.390 e. The van der Waals surface area contributed by atoms with E-state index in [0.29, 0.717) is 6.42 Å². The maximum atomic E-state index is 13.1. The van der Waals surface area contributed by atoms with Crippen LogP contribution in [0.25, 0.3) is 0 Å². The van der Waals surface area contributed by atoms with E-state index >= 15 is 0 Å². The molecule has 3 N–H and O–H groups in total. The van der Waals surface area contributed by atoms with Gasteiger partial charge in [0.15, 0.2) is 0 Å². The van der Waals surface area contributed by atoms with Crippen LogP contribution in [-0.2, 0) is 18.1 Å². The van der Waals surface area contributed by atoms with Crippen LogP contribution in [-0.4, -0.2) is 29.7 Å². The smallest absolute Gasteiger partial charge is 0.390 e. The zero-order chi connectivity index (χ0) is 24.8. The highest BCUT2D eigenvalue weighted by Gasteiger charge is 2.31. The lowest BCUT2D eigenvalue weighted by Gasteiger charge is -2.31. The first kappa shape index (κ1) is 25.5. The van der Waals surface area contributed by atoms with Crippen LogP contribution in [0, 0.1) is 0 Å². The van der Waals surface area contributed by atoms with Gasteiger partial charge in [-0.05, 0) is 49.6 Å². The average Bonchev–Trinajstić information content (AvgIpc) is 2.83. The molecule has 0 spiro atoms. The number of hydrogen-bond donors (Lipinski definition) is 3. The van der Waals surface area contributed by atoms with Crippen molar-refractivity contribution in [2.24, 2.45) is 0 Å². The standard InChI is InChI=1S/C27H29F3N2O2/c1-26(2,21-13-7-4-8-14-21)31-18-24(33)23(16-19-10-5-3-6-11-19)32-25(34)20-12-9-15-22(17-20)27(28,29)30/h3-15,17,23-24,31,33H,16,18H2,1-2H3,(H,32,34)/t23-,24+/m0/s1. The first-order valence-electron chi connectivity index (χ1n) is 11.1. The molecule has 0 aliphatic heterocycles. The molecular formula is C27H29F3N2O2. The Morgan fingerprint density at radius 2 is 1.47 bits per heavy atom. The zero-order valence-electron chi connectivity index (χ0n) is 19.1. The van der Waals surface area contributed by atoms with E-state index in [2.05, 4.69) is 10.6 Å². The van der Waals surface area contributed by atoms with Gasteiger partial charge in [-0.2, -0.15) is 13.2 Å². The minimum absolute atomic E-state index is 0.113. The zero-order valence-corrected chi connectivity index (χ0v) is 19.1. The van der Waals surface area contributed by atoms with E-state index in [9.17, 15) is 23.1 Å². The summed E-state index contributed by atoms with van der Waals surface area (Å²) in [7, 11) is 0. The first-order valence-corrected chi connectivity index (χ1v) is 11.1. The molecule has 2 atom stereocenters. The molecule has 1 amide bonds. The number of alkyl halides is 3. The average molecular weight is 471 g/mol. The molecule has 0 saturated carbocycles. The lowest BCUT2D eigenvalue weighted by molar-refractivity contribution is -0.137. The number of rotatable bonds is 9. The van der Waals surface area contributed by atoms with Gasteiger partial charge >= 0.3 is 6.18 Å². The monoisotopic (exact) mass is 470 g/mol. The fraction of sp³-hybridized carbons (Fsp3) is 0.296. The van der Waals surface area contributed by atoms with Gasteiger partial charge in [0.25, 0.3) is 5.91 Å². The summed E-state index contributed by atoms with van der Waals surface area (Å²) in [6, 6.07) is 22.6. The van der Waals surface area contributed by atoms with E-state index in [1.54, 1.807) is 0 Å². The van der Waals surface area contributed by atoms with Crippen molar-refractivity contribution >= 4 is 5.91 Å². The second-order valence-corrected chi connectivity index (χ2v) is 8.79. The summed E-state index contributed by atoms with van der Waals surface area (Å²) in [5.74, 6) is -0.673. The van der Waals surface area contributed by atoms with Gasteiger partial charge in [-0.15, -0.1) is 0 Å². The Balaban J connectivity index is 1.76. The van der Waals surface area contributed by atoms with Crippen LogP contribution in [0.3, 0.4) is 0 Å². The van der Waals surface area contributed by atoms with Gasteiger partial charge in [0.05, 0.1) is 17.7 Å². The summed E-state index contributed by atoms with van der Waals surface area (Å²) in [5, 5.41) is 17.1. The topological polar surface area (TPSA) is 61.4 Å². The van der Waals surface area contributed by atoms with Crippen molar-refractivity contribution in [1.29, 1.82) is 0 Å². The van der Waals surface area contributed by atoms with E-state index < -0.39 is 35.3 Å². The van der Waals surface area contributed by atoms with Crippen molar-refractivity contribution in [2.75, 3.05) is 6.54 Å². The number of aliphatic hydroxyl groups excluding tert-OH is 1. The molecule has 0 saturated heterocycles. The molecular weight excluding hydrogens is 441 g/mol. The third-order valence-electron chi connectivity index (χ3n) is 5.78. The highest BCUT2D eigenvalue weighted by molar-refractivity contribution is 5.94. The van der Waals surface area contributed by atoms with Crippen LogP contribution in [0.15, 0.2) is 84.9 Å². The van der Waals surface area contributed by atoms with E-state index in [0.717, 1.165) is 23.3 Å². The Bertz CT molecular complexity index is 1070. The second kappa shape index (κ2) is 10.8. The molecule has 3 rings (SSSR count). The second-order valence-electron chi connectivity index (χ2n) is 8.79. The van der Waals surface area contributed by atoms with Crippen molar-refractivity contribution < 1.29 is 23.1 Å². The van der Waals surface area contributed by atoms with Crippen LogP contribution in [0.1, 0.15) is 40.9 Å². The molecule has 0 bridgehead atoms. The number of hydrogen-bond acceptors (Lipinski definition) is 3. The molecule has 0 fully saturated rings. The lowest BCUT2D eigenvalue weighted by atomic mass is 9.93. The molecule has 34 heavy (non-hydrogen) atoms. The Morgan fingerprint density at radius 1 is 0.882 bits per heavy atom. The quantitative estimate of drug-likeness (QED) is 0.416. The molecule has 7 heteroatoms. The van der Waals surface area contributed by atoms with Crippen molar-refractivity contribution in [3.05, 3.63) is 107 Å².